The summed E-state index contributed by atoms with van der Waals surface area (Å²) in [7, 11) is 0. The van der Waals surface area contributed by atoms with E-state index in [0.29, 0.717) is 15.8 Å². The number of H-pyrrole nitrogens is 1. The Labute approximate surface area is 160 Å². The quantitative estimate of drug-likeness (QED) is 0.473. The summed E-state index contributed by atoms with van der Waals surface area (Å²) < 4.78 is 5.67. The highest BCUT2D eigenvalue weighted by Crippen LogP contribution is 2.14. The highest BCUT2D eigenvalue weighted by atomic mass is 32.1. The van der Waals surface area contributed by atoms with Crippen LogP contribution in [0.1, 0.15) is 47.9 Å². The van der Waals surface area contributed by atoms with Crippen LogP contribution in [0.4, 0.5) is 0 Å². The maximum Gasteiger partial charge on any atom is 0.306 e. The Bertz CT molecular complexity index is 1000. The van der Waals surface area contributed by atoms with E-state index in [1.165, 1.54) is 16.9 Å². The molecule has 1 N–H and O–H groups in total. The first-order chi connectivity index (χ1) is 13.1. The molecule has 0 aliphatic rings. The van der Waals surface area contributed by atoms with Crippen molar-refractivity contribution < 1.29 is 14.3 Å². The fourth-order valence-corrected chi connectivity index (χ4v) is 3.44. The van der Waals surface area contributed by atoms with Gasteiger partial charge in [0.1, 0.15) is 17.1 Å². The average molecular weight is 384 g/mol. The van der Waals surface area contributed by atoms with Gasteiger partial charge >= 0.3 is 5.97 Å². The number of nitrogens with zero attached hydrogens (tertiary/aromatic N) is 1. The van der Waals surface area contributed by atoms with Gasteiger partial charge in [0.15, 0.2) is 5.78 Å². The smallest absolute Gasteiger partial charge is 0.306 e. The van der Waals surface area contributed by atoms with Crippen molar-refractivity contribution in [3.05, 3.63) is 63.0 Å². The van der Waals surface area contributed by atoms with Crippen LogP contribution < -0.4 is 5.56 Å². The van der Waals surface area contributed by atoms with E-state index in [9.17, 15) is 14.4 Å². The number of Topliss-reactive ketones (excluding diaryl/α,β-unsaturated/α-hetero) is 1. The summed E-state index contributed by atoms with van der Waals surface area (Å²) in [5.41, 5.74) is 2.12. The van der Waals surface area contributed by atoms with Crippen molar-refractivity contribution in [2.75, 3.05) is 0 Å². The minimum absolute atomic E-state index is 0.0134. The number of hydrogen-bond donors (Lipinski definition) is 1. The number of rotatable bonds is 8. The number of carbonyl (C=O) groups is 2. The molecule has 2 aromatic heterocycles. The second-order valence-electron chi connectivity index (χ2n) is 6.18. The molecule has 0 saturated heterocycles. The van der Waals surface area contributed by atoms with E-state index in [4.69, 9.17) is 4.74 Å². The second-order valence-corrected chi connectivity index (χ2v) is 7.09. The number of aryl methyl sites for hydroxylation is 1. The van der Waals surface area contributed by atoms with Crippen molar-refractivity contribution in [3.8, 4) is 0 Å². The zero-order valence-electron chi connectivity index (χ0n) is 15.0. The van der Waals surface area contributed by atoms with Crippen molar-refractivity contribution in [1.29, 1.82) is 0 Å². The molecule has 0 amide bonds. The van der Waals surface area contributed by atoms with Crippen LogP contribution in [0.2, 0.25) is 0 Å². The summed E-state index contributed by atoms with van der Waals surface area (Å²) in [6.45, 7) is 1.98. The molecule has 0 aliphatic carbocycles. The maximum atomic E-state index is 12.2. The molecule has 0 atom stereocenters. The summed E-state index contributed by atoms with van der Waals surface area (Å²) >= 11 is 1.31. The molecule has 27 heavy (non-hydrogen) atoms. The SMILES string of the molecule is CCCc1ccc(C(=O)CCC(=O)OCc2nc3ccsc3c(=O)[nH]2)cc1. The number of ether oxygens (including phenoxy) is 1. The van der Waals surface area contributed by atoms with Gasteiger partial charge in [-0.05, 0) is 23.4 Å². The first kappa shape index (κ1) is 19.0. The minimum atomic E-state index is -0.501. The van der Waals surface area contributed by atoms with Gasteiger partial charge < -0.3 is 9.72 Å². The van der Waals surface area contributed by atoms with Crippen molar-refractivity contribution in [3.63, 3.8) is 0 Å². The maximum absolute atomic E-state index is 12.2. The fourth-order valence-electron chi connectivity index (χ4n) is 2.72. The second kappa shape index (κ2) is 8.73. The molecule has 0 saturated carbocycles. The molecule has 7 heteroatoms. The van der Waals surface area contributed by atoms with Crippen molar-refractivity contribution in [2.45, 2.75) is 39.2 Å². The zero-order chi connectivity index (χ0) is 19.2. The number of aromatic amines is 1. The van der Waals surface area contributed by atoms with Crippen LogP contribution in [0, 0.1) is 0 Å². The van der Waals surface area contributed by atoms with Crippen LogP contribution in [-0.4, -0.2) is 21.7 Å². The Morgan fingerprint density at radius 3 is 2.67 bits per heavy atom. The first-order valence-electron chi connectivity index (χ1n) is 8.81. The Morgan fingerprint density at radius 1 is 1.15 bits per heavy atom. The van der Waals surface area contributed by atoms with Gasteiger partial charge in [0.25, 0.3) is 5.56 Å². The molecule has 0 spiro atoms. The largest absolute Gasteiger partial charge is 0.458 e. The van der Waals surface area contributed by atoms with Crippen molar-refractivity contribution in [2.24, 2.45) is 0 Å². The highest BCUT2D eigenvalue weighted by molar-refractivity contribution is 7.17. The standard InChI is InChI=1S/C20H20N2O4S/c1-2-3-13-4-6-14(7-5-13)16(23)8-9-18(24)26-12-17-21-15-10-11-27-19(15)20(25)22-17/h4-7,10-11H,2-3,8-9,12H2,1H3,(H,21,22,25). The number of carbonyl (C=O) groups excluding carboxylic acids is 2. The lowest BCUT2D eigenvalue weighted by Gasteiger charge is -2.05. The van der Waals surface area contributed by atoms with Crippen LogP contribution >= 0.6 is 11.3 Å². The number of esters is 1. The summed E-state index contributed by atoms with van der Waals surface area (Å²) in [5.74, 6) is -0.308. The van der Waals surface area contributed by atoms with Crippen LogP contribution in [0.5, 0.6) is 0 Å². The molecule has 3 rings (SSSR count). The summed E-state index contributed by atoms with van der Waals surface area (Å²) in [6.07, 6.45) is 2.10. The number of hydrogen-bond acceptors (Lipinski definition) is 6. The first-order valence-corrected chi connectivity index (χ1v) is 9.69. The molecular formula is C20H20N2O4S. The normalized spacial score (nSPS) is 10.9. The number of ketones is 1. The van der Waals surface area contributed by atoms with E-state index < -0.39 is 5.97 Å². The third-order valence-electron chi connectivity index (χ3n) is 4.10. The lowest BCUT2D eigenvalue weighted by Crippen LogP contribution is -2.14. The highest BCUT2D eigenvalue weighted by Gasteiger charge is 2.12. The van der Waals surface area contributed by atoms with Gasteiger partial charge in [-0.25, -0.2) is 4.98 Å². The average Bonchev–Trinajstić information content (AvgIpc) is 3.14. The monoisotopic (exact) mass is 384 g/mol. The predicted octanol–water partition coefficient (Wildman–Crippen LogP) is 3.64. The van der Waals surface area contributed by atoms with Crippen LogP contribution in [0.25, 0.3) is 10.2 Å². The van der Waals surface area contributed by atoms with Gasteiger partial charge in [0.05, 0.1) is 11.9 Å². The van der Waals surface area contributed by atoms with Crippen molar-refractivity contribution in [1.82, 2.24) is 9.97 Å². The van der Waals surface area contributed by atoms with E-state index in [-0.39, 0.29) is 36.6 Å². The summed E-state index contributed by atoms with van der Waals surface area (Å²) in [4.78, 5) is 42.8. The molecule has 140 valence electrons. The molecule has 6 nitrogen and oxygen atoms in total. The Morgan fingerprint density at radius 2 is 1.93 bits per heavy atom. The van der Waals surface area contributed by atoms with E-state index >= 15 is 0 Å². The van der Waals surface area contributed by atoms with Crippen LogP contribution in [0.3, 0.4) is 0 Å². The fraction of sp³-hybridized carbons (Fsp3) is 0.300. The van der Waals surface area contributed by atoms with Gasteiger partial charge in [-0.2, -0.15) is 0 Å². The molecule has 2 heterocycles. The topological polar surface area (TPSA) is 89.1 Å². The van der Waals surface area contributed by atoms with Crippen molar-refractivity contribution >= 4 is 33.3 Å². The number of aromatic nitrogens is 2. The Balaban J connectivity index is 1.50. The van der Waals surface area contributed by atoms with Crippen LogP contribution in [-0.2, 0) is 22.6 Å². The molecule has 0 bridgehead atoms. The third kappa shape index (κ3) is 4.89. The van der Waals surface area contributed by atoms with Gasteiger partial charge in [-0.15, -0.1) is 11.3 Å². The Hall–Kier alpha value is -2.80. The lowest BCUT2D eigenvalue weighted by molar-refractivity contribution is -0.145. The lowest BCUT2D eigenvalue weighted by atomic mass is 10.0. The van der Waals surface area contributed by atoms with Gasteiger partial charge in [-0.1, -0.05) is 37.6 Å². The predicted molar refractivity (Wildman–Crippen MR) is 104 cm³/mol. The summed E-state index contributed by atoms with van der Waals surface area (Å²) in [6, 6.07) is 9.22. The van der Waals surface area contributed by atoms with E-state index in [0.717, 1.165) is 12.8 Å². The Kier molecular flexibility index (Phi) is 6.13. The molecule has 3 aromatic rings. The summed E-state index contributed by atoms with van der Waals surface area (Å²) in [5, 5.41) is 1.78. The van der Waals surface area contributed by atoms with Gasteiger partial charge in [-0.3, -0.25) is 14.4 Å². The molecule has 1 aromatic carbocycles. The molecule has 0 fully saturated rings. The van der Waals surface area contributed by atoms with Gasteiger partial charge in [0.2, 0.25) is 0 Å². The van der Waals surface area contributed by atoms with Gasteiger partial charge in [0, 0.05) is 12.0 Å². The number of thiophene rings is 1. The molecule has 0 aliphatic heterocycles. The van der Waals surface area contributed by atoms with E-state index in [2.05, 4.69) is 16.9 Å². The van der Waals surface area contributed by atoms with Crippen LogP contribution in [0.15, 0.2) is 40.5 Å². The minimum Gasteiger partial charge on any atom is -0.458 e. The number of fused-ring (bicyclic) bond motifs is 1. The zero-order valence-corrected chi connectivity index (χ0v) is 15.8. The molecular weight excluding hydrogens is 364 g/mol. The van der Waals surface area contributed by atoms with E-state index in [1.54, 1.807) is 23.6 Å². The van der Waals surface area contributed by atoms with E-state index in [1.807, 2.05) is 12.1 Å². The number of nitrogens with one attached hydrogen (secondary N) is 1. The number of benzene rings is 1. The molecule has 0 radical (unpaired) electrons. The molecule has 0 unspecified atom stereocenters. The third-order valence-corrected chi connectivity index (χ3v) is 5.01.